The molecule has 2 amide bonds. The molecule has 1 heterocycles. The second-order valence-corrected chi connectivity index (χ2v) is 6.71. The molecule has 1 aliphatic rings. The number of hydroxylamine groups is 2. The number of hydrogen-bond acceptors (Lipinski definition) is 6. The normalized spacial score (nSPS) is 20.8. The topological polar surface area (TPSA) is 107 Å². The van der Waals surface area contributed by atoms with E-state index in [4.69, 9.17) is 0 Å². The van der Waals surface area contributed by atoms with Crippen molar-refractivity contribution in [2.75, 3.05) is 12.0 Å². The Labute approximate surface area is 154 Å². The average Bonchev–Trinajstić information content (AvgIpc) is 3.03. The highest BCUT2D eigenvalue weighted by Gasteiger charge is 2.33. The summed E-state index contributed by atoms with van der Waals surface area (Å²) in [5.41, 5.74) is 3.37. The fourth-order valence-corrected chi connectivity index (χ4v) is 3.27. The third kappa shape index (κ3) is 6.05. The maximum absolute atomic E-state index is 12.7. The van der Waals surface area contributed by atoms with Gasteiger partial charge in [0.1, 0.15) is 5.69 Å². The molecule has 1 aliphatic carbocycles. The predicted molar refractivity (Wildman–Crippen MR) is 88.0 cm³/mol. The molecule has 2 rings (SSSR count). The Bertz CT molecular complexity index is 658. The summed E-state index contributed by atoms with van der Waals surface area (Å²) in [5.74, 6) is -1.03. The minimum absolute atomic E-state index is 0.196. The van der Waals surface area contributed by atoms with Gasteiger partial charge in [-0.3, -0.25) is 25.6 Å². The summed E-state index contributed by atoms with van der Waals surface area (Å²) in [4.78, 5) is 30.0. The molecule has 1 aromatic rings. The lowest BCUT2D eigenvalue weighted by atomic mass is 9.87. The number of nitrogens with zero attached hydrogens (tertiary/aromatic N) is 3. The van der Waals surface area contributed by atoms with Crippen LogP contribution in [0.15, 0.2) is 12.3 Å². The van der Waals surface area contributed by atoms with Gasteiger partial charge in [-0.05, 0) is 24.3 Å². The van der Waals surface area contributed by atoms with Crippen LogP contribution in [0.2, 0.25) is 0 Å². The summed E-state index contributed by atoms with van der Waals surface area (Å²) in [6, 6.07) is 0.713. The molecule has 27 heavy (non-hydrogen) atoms. The van der Waals surface area contributed by atoms with E-state index in [0.717, 1.165) is 25.5 Å². The second kappa shape index (κ2) is 8.98. The fourth-order valence-electron chi connectivity index (χ4n) is 3.27. The Kier molecular flexibility index (Phi) is 6.94. The maximum Gasteiger partial charge on any atom is 0.433 e. The van der Waals surface area contributed by atoms with Crippen LogP contribution in [0.5, 0.6) is 0 Å². The molecule has 1 saturated carbocycles. The summed E-state index contributed by atoms with van der Waals surface area (Å²) < 4.78 is 38.0. The number of amides is 2. The van der Waals surface area contributed by atoms with Gasteiger partial charge in [0.25, 0.3) is 0 Å². The largest absolute Gasteiger partial charge is 0.433 e. The number of carbonyl (C=O) groups excluding carboxylic acids is 2. The summed E-state index contributed by atoms with van der Waals surface area (Å²) in [7, 11) is 0. The lowest BCUT2D eigenvalue weighted by Crippen LogP contribution is -2.41. The van der Waals surface area contributed by atoms with Gasteiger partial charge in [-0.15, -0.1) is 0 Å². The van der Waals surface area contributed by atoms with E-state index in [2.05, 4.69) is 27.7 Å². The molecule has 2 unspecified atom stereocenters. The highest BCUT2D eigenvalue weighted by molar-refractivity contribution is 5.80. The molecule has 3 atom stereocenters. The van der Waals surface area contributed by atoms with Gasteiger partial charge < -0.3 is 0 Å². The van der Waals surface area contributed by atoms with Crippen LogP contribution in [0.4, 0.5) is 19.1 Å². The Balaban J connectivity index is 2.01. The van der Waals surface area contributed by atoms with Gasteiger partial charge in [-0.2, -0.15) is 13.2 Å². The first-order valence-corrected chi connectivity index (χ1v) is 8.57. The maximum atomic E-state index is 12.7. The highest BCUT2D eigenvalue weighted by atomic mass is 19.4. The Morgan fingerprint density at radius 1 is 1.48 bits per heavy atom. The monoisotopic (exact) mass is 389 g/mol. The van der Waals surface area contributed by atoms with Crippen LogP contribution in [0.1, 0.15) is 38.3 Å². The van der Waals surface area contributed by atoms with Gasteiger partial charge >= 0.3 is 6.18 Å². The molecule has 0 radical (unpaired) electrons. The molecular weight excluding hydrogens is 367 g/mol. The van der Waals surface area contributed by atoms with Crippen LogP contribution < -0.4 is 10.9 Å². The van der Waals surface area contributed by atoms with Gasteiger partial charge in [0.05, 0.1) is 12.5 Å². The first-order valence-electron chi connectivity index (χ1n) is 8.57. The highest BCUT2D eigenvalue weighted by Crippen LogP contribution is 2.35. The lowest BCUT2D eigenvalue weighted by molar-refractivity contribution is -0.155. The zero-order chi connectivity index (χ0) is 20.0. The van der Waals surface area contributed by atoms with Crippen molar-refractivity contribution < 1.29 is 28.0 Å². The Morgan fingerprint density at radius 2 is 2.22 bits per heavy atom. The number of anilines is 1. The van der Waals surface area contributed by atoms with Crippen molar-refractivity contribution in [1.29, 1.82) is 0 Å². The number of hydrogen-bond donors (Lipinski definition) is 3. The summed E-state index contributed by atoms with van der Waals surface area (Å²) in [6.45, 7) is 1.86. The quantitative estimate of drug-likeness (QED) is 0.358. The third-order valence-electron chi connectivity index (χ3n) is 4.77. The number of carbonyl (C=O) groups is 2. The molecule has 150 valence electrons. The minimum atomic E-state index is -4.63. The number of rotatable bonds is 8. The van der Waals surface area contributed by atoms with Crippen LogP contribution in [0.25, 0.3) is 0 Å². The Hall–Kier alpha value is -2.43. The van der Waals surface area contributed by atoms with Crippen molar-refractivity contribution in [3.8, 4) is 0 Å². The van der Waals surface area contributed by atoms with E-state index in [1.165, 1.54) is 0 Å². The zero-order valence-corrected chi connectivity index (χ0v) is 14.7. The second-order valence-electron chi connectivity index (χ2n) is 6.71. The first-order chi connectivity index (χ1) is 12.7. The van der Waals surface area contributed by atoms with E-state index in [1.807, 2.05) is 0 Å². The van der Waals surface area contributed by atoms with E-state index >= 15 is 0 Å². The summed E-state index contributed by atoms with van der Waals surface area (Å²) in [6.07, 6.45) is -0.0268. The first kappa shape index (κ1) is 20.9. The molecule has 0 aromatic carbocycles. The van der Waals surface area contributed by atoms with Crippen molar-refractivity contribution in [3.63, 3.8) is 0 Å². The number of hydrazine groups is 1. The fraction of sp³-hybridized carbons (Fsp3) is 0.625. The van der Waals surface area contributed by atoms with Crippen molar-refractivity contribution in [3.05, 3.63) is 18.0 Å². The van der Waals surface area contributed by atoms with Crippen molar-refractivity contribution in [1.82, 2.24) is 20.5 Å². The molecule has 0 spiro atoms. The number of alkyl halides is 3. The smallest absolute Gasteiger partial charge is 0.286 e. The lowest BCUT2D eigenvalue weighted by Gasteiger charge is -2.24. The van der Waals surface area contributed by atoms with Gasteiger partial charge in [0, 0.05) is 6.20 Å². The predicted octanol–water partition coefficient (Wildman–Crippen LogP) is 2.23. The number of halogens is 3. The molecular formula is C16H22F3N5O3. The Morgan fingerprint density at radius 3 is 2.81 bits per heavy atom. The van der Waals surface area contributed by atoms with Gasteiger partial charge in [-0.1, -0.05) is 26.2 Å². The average molecular weight is 389 g/mol. The molecule has 11 heteroatoms. The van der Waals surface area contributed by atoms with E-state index in [9.17, 15) is 28.0 Å². The molecule has 8 nitrogen and oxygen atoms in total. The van der Waals surface area contributed by atoms with Crippen LogP contribution in [-0.2, 0) is 15.8 Å². The van der Waals surface area contributed by atoms with Crippen LogP contribution in [0.3, 0.4) is 0 Å². The minimum Gasteiger partial charge on any atom is -0.286 e. The van der Waals surface area contributed by atoms with Crippen molar-refractivity contribution >= 4 is 18.3 Å². The summed E-state index contributed by atoms with van der Waals surface area (Å²) in [5, 5.41) is 9.82. The molecule has 0 saturated heterocycles. The van der Waals surface area contributed by atoms with E-state index in [-0.39, 0.29) is 18.9 Å². The summed E-state index contributed by atoms with van der Waals surface area (Å²) >= 11 is 0. The number of nitrogens with one attached hydrogen (secondary N) is 2. The van der Waals surface area contributed by atoms with Crippen molar-refractivity contribution in [2.45, 2.75) is 38.8 Å². The molecule has 3 N–H and O–H groups in total. The molecule has 0 aliphatic heterocycles. The SMILES string of the molecule is CC1CCCC1C[C@@H](CN(O)C=O)C(=O)NNc1nccc(C(F)(F)F)n1. The van der Waals surface area contributed by atoms with Crippen LogP contribution in [0, 0.1) is 17.8 Å². The van der Waals surface area contributed by atoms with Crippen LogP contribution in [-0.4, -0.2) is 39.1 Å². The standard InChI is InChI=1S/C16H22F3N5O3/c1-10-3-2-4-11(10)7-12(8-24(27)9-25)14(26)22-23-15-20-6-5-13(21-15)16(17,18)19/h5-6,9-12,27H,2-4,7-8H2,1H3,(H,22,26)(H,20,21,23)/t10?,11?,12-/m0/s1. The van der Waals surface area contributed by atoms with Gasteiger partial charge in [0.2, 0.25) is 18.3 Å². The third-order valence-corrected chi connectivity index (χ3v) is 4.77. The number of aromatic nitrogens is 2. The van der Waals surface area contributed by atoms with Gasteiger partial charge in [-0.25, -0.2) is 15.0 Å². The molecule has 0 bridgehead atoms. The van der Waals surface area contributed by atoms with E-state index in [0.29, 0.717) is 23.5 Å². The van der Waals surface area contributed by atoms with E-state index in [1.54, 1.807) is 0 Å². The van der Waals surface area contributed by atoms with E-state index < -0.39 is 29.6 Å². The molecule has 1 aromatic heterocycles. The van der Waals surface area contributed by atoms with Crippen molar-refractivity contribution in [2.24, 2.45) is 17.8 Å². The molecule has 1 fully saturated rings. The van der Waals surface area contributed by atoms with Crippen LogP contribution >= 0.6 is 0 Å². The zero-order valence-electron chi connectivity index (χ0n) is 14.7. The van der Waals surface area contributed by atoms with Gasteiger partial charge in [0.15, 0.2) is 0 Å².